The number of nitrogens with one attached hydrogen (secondary N) is 2. The number of fused-ring (bicyclic) bond motifs is 1. The highest BCUT2D eigenvalue weighted by atomic mass is 35.5. The van der Waals surface area contributed by atoms with E-state index in [-0.39, 0.29) is 5.75 Å². The first-order valence-corrected chi connectivity index (χ1v) is 12.6. The lowest BCUT2D eigenvalue weighted by Crippen LogP contribution is -2.18. The number of carbonyl (C=O) groups is 2. The number of aromatic nitrogens is 1. The molecule has 200 valence electrons. The van der Waals surface area contributed by atoms with Crippen LogP contribution in [-0.4, -0.2) is 37.3 Å². The quantitative estimate of drug-likeness (QED) is 0.0989. The minimum absolute atomic E-state index is 0.239. The van der Waals surface area contributed by atoms with Crippen LogP contribution in [0.2, 0.25) is 5.02 Å². The number of halogens is 1. The van der Waals surface area contributed by atoms with Crippen molar-refractivity contribution in [3.05, 3.63) is 113 Å². The molecule has 2 N–H and O–H groups in total. The monoisotopic (exact) mass is 553 g/mol. The fraction of sp³-hybridized carbons (Fsp3) is 0.0645. The SMILES string of the molecule is COc1cc(C=NNC(=O)c2[nH]c3c(OC)cccc3c2-c2ccccc2)ccc1OC(=O)c1ccc(Cl)cc1. The van der Waals surface area contributed by atoms with E-state index in [1.807, 2.05) is 48.5 Å². The molecule has 0 spiro atoms. The third-order valence-electron chi connectivity index (χ3n) is 6.15. The largest absolute Gasteiger partial charge is 0.495 e. The van der Waals surface area contributed by atoms with Crippen LogP contribution in [0.3, 0.4) is 0 Å². The highest BCUT2D eigenvalue weighted by Crippen LogP contribution is 2.36. The van der Waals surface area contributed by atoms with Gasteiger partial charge in [0.2, 0.25) is 0 Å². The predicted molar refractivity (Wildman–Crippen MR) is 155 cm³/mol. The number of amides is 1. The second-order valence-electron chi connectivity index (χ2n) is 8.63. The first kappa shape index (κ1) is 26.5. The molecular formula is C31H24ClN3O5. The van der Waals surface area contributed by atoms with Crippen LogP contribution < -0.4 is 19.6 Å². The molecule has 0 atom stereocenters. The number of benzene rings is 4. The maximum absolute atomic E-state index is 13.3. The van der Waals surface area contributed by atoms with Gasteiger partial charge in [0.15, 0.2) is 11.5 Å². The minimum atomic E-state index is -0.548. The molecule has 0 saturated carbocycles. The Balaban J connectivity index is 1.36. The summed E-state index contributed by atoms with van der Waals surface area (Å²) >= 11 is 5.89. The van der Waals surface area contributed by atoms with Crippen molar-refractivity contribution in [1.29, 1.82) is 0 Å². The molecule has 0 fully saturated rings. The van der Waals surface area contributed by atoms with E-state index in [0.717, 1.165) is 16.5 Å². The van der Waals surface area contributed by atoms with E-state index in [4.69, 9.17) is 25.8 Å². The molecule has 0 unspecified atom stereocenters. The van der Waals surface area contributed by atoms with Crippen molar-refractivity contribution in [2.75, 3.05) is 14.2 Å². The van der Waals surface area contributed by atoms with E-state index in [1.54, 1.807) is 49.6 Å². The summed E-state index contributed by atoms with van der Waals surface area (Å²) in [5.74, 6) is 0.220. The number of hydrogen-bond donors (Lipinski definition) is 2. The number of hydrazone groups is 1. The molecule has 1 heterocycles. The highest BCUT2D eigenvalue weighted by Gasteiger charge is 2.21. The van der Waals surface area contributed by atoms with Crippen molar-refractivity contribution in [2.45, 2.75) is 0 Å². The van der Waals surface area contributed by atoms with Crippen molar-refractivity contribution >= 4 is 40.6 Å². The summed E-state index contributed by atoms with van der Waals surface area (Å²) in [6.07, 6.45) is 1.47. The summed E-state index contributed by atoms with van der Waals surface area (Å²) in [7, 11) is 3.05. The van der Waals surface area contributed by atoms with Gasteiger partial charge in [-0.25, -0.2) is 10.2 Å². The van der Waals surface area contributed by atoms with Crippen LogP contribution in [0.1, 0.15) is 26.4 Å². The number of methoxy groups -OCH3 is 2. The van der Waals surface area contributed by atoms with E-state index in [1.165, 1.54) is 13.3 Å². The molecule has 5 aromatic rings. The first-order chi connectivity index (χ1) is 19.5. The lowest BCUT2D eigenvalue weighted by atomic mass is 10.0. The van der Waals surface area contributed by atoms with Gasteiger partial charge in [0.05, 0.1) is 31.5 Å². The number of aromatic amines is 1. The van der Waals surface area contributed by atoms with Gasteiger partial charge in [0, 0.05) is 16.0 Å². The summed E-state index contributed by atoms with van der Waals surface area (Å²) in [6, 6.07) is 26.6. The van der Waals surface area contributed by atoms with Gasteiger partial charge in [0.1, 0.15) is 11.4 Å². The molecular weight excluding hydrogens is 530 g/mol. The predicted octanol–water partition coefficient (Wildman–Crippen LogP) is 6.49. The zero-order valence-corrected chi connectivity index (χ0v) is 22.4. The maximum Gasteiger partial charge on any atom is 0.343 e. The number of nitrogens with zero attached hydrogens (tertiary/aromatic N) is 1. The van der Waals surface area contributed by atoms with Gasteiger partial charge < -0.3 is 19.2 Å². The number of carbonyl (C=O) groups excluding carboxylic acids is 2. The Kier molecular flexibility index (Phi) is 7.80. The third-order valence-corrected chi connectivity index (χ3v) is 6.41. The fourth-order valence-corrected chi connectivity index (χ4v) is 4.38. The van der Waals surface area contributed by atoms with Crippen LogP contribution in [0.4, 0.5) is 0 Å². The topological polar surface area (TPSA) is 102 Å². The number of ether oxygens (including phenoxy) is 3. The Hall–Kier alpha value is -5.08. The number of rotatable bonds is 8. The average Bonchev–Trinajstić information content (AvgIpc) is 3.38. The smallest absolute Gasteiger partial charge is 0.343 e. The lowest BCUT2D eigenvalue weighted by Gasteiger charge is -2.10. The fourth-order valence-electron chi connectivity index (χ4n) is 4.25. The molecule has 0 saturated heterocycles. The van der Waals surface area contributed by atoms with Crippen LogP contribution in [0.25, 0.3) is 22.0 Å². The summed E-state index contributed by atoms with van der Waals surface area (Å²) in [5.41, 5.74) is 6.25. The van der Waals surface area contributed by atoms with E-state index in [0.29, 0.717) is 38.9 Å². The first-order valence-electron chi connectivity index (χ1n) is 12.2. The molecule has 0 aliphatic carbocycles. The summed E-state index contributed by atoms with van der Waals surface area (Å²) in [5, 5.41) is 5.51. The van der Waals surface area contributed by atoms with Crippen molar-refractivity contribution in [3.8, 4) is 28.4 Å². The van der Waals surface area contributed by atoms with Gasteiger partial charge in [-0.2, -0.15) is 5.10 Å². The van der Waals surface area contributed by atoms with Crippen LogP contribution in [0.15, 0.2) is 96.1 Å². The molecule has 4 aromatic carbocycles. The van der Waals surface area contributed by atoms with Gasteiger partial charge in [-0.3, -0.25) is 4.79 Å². The summed E-state index contributed by atoms with van der Waals surface area (Å²) < 4.78 is 16.4. The van der Waals surface area contributed by atoms with Gasteiger partial charge in [-0.05, 0) is 59.7 Å². The molecule has 9 heteroatoms. The van der Waals surface area contributed by atoms with Crippen molar-refractivity contribution in [3.63, 3.8) is 0 Å². The highest BCUT2D eigenvalue weighted by molar-refractivity contribution is 6.30. The summed E-state index contributed by atoms with van der Waals surface area (Å²) in [6.45, 7) is 0. The number of H-pyrrole nitrogens is 1. The molecule has 0 aliphatic heterocycles. The van der Waals surface area contributed by atoms with Crippen molar-refractivity contribution in [2.24, 2.45) is 5.10 Å². The molecule has 0 radical (unpaired) electrons. The second-order valence-corrected chi connectivity index (χ2v) is 9.07. The average molecular weight is 554 g/mol. The van der Waals surface area contributed by atoms with Gasteiger partial charge in [-0.1, -0.05) is 54.1 Å². The van der Waals surface area contributed by atoms with Gasteiger partial charge >= 0.3 is 5.97 Å². The van der Waals surface area contributed by atoms with Crippen molar-refractivity contribution < 1.29 is 23.8 Å². The van der Waals surface area contributed by atoms with Crippen LogP contribution in [-0.2, 0) is 0 Å². The lowest BCUT2D eigenvalue weighted by molar-refractivity contribution is 0.0729. The van der Waals surface area contributed by atoms with Crippen LogP contribution in [0, 0.1) is 0 Å². The standard InChI is InChI=1S/C31H24ClN3O5/c1-38-25-10-6-9-23-27(20-7-4-3-5-8-20)29(34-28(23)25)30(36)35-33-18-19-11-16-24(26(17-19)39-2)40-31(37)21-12-14-22(32)15-13-21/h3-18,34H,1-2H3,(H,35,36). The van der Waals surface area contributed by atoms with Crippen molar-refractivity contribution in [1.82, 2.24) is 10.4 Å². The minimum Gasteiger partial charge on any atom is -0.495 e. The molecule has 8 nitrogen and oxygen atoms in total. The molecule has 1 aromatic heterocycles. The third kappa shape index (κ3) is 5.52. The Morgan fingerprint density at radius 2 is 1.60 bits per heavy atom. The number of para-hydroxylation sites is 1. The van der Waals surface area contributed by atoms with Gasteiger partial charge in [0.25, 0.3) is 5.91 Å². The van der Waals surface area contributed by atoms with E-state index >= 15 is 0 Å². The van der Waals surface area contributed by atoms with Gasteiger partial charge in [-0.15, -0.1) is 0 Å². The Labute approximate surface area is 235 Å². The Morgan fingerprint density at radius 3 is 2.33 bits per heavy atom. The number of esters is 1. The zero-order valence-electron chi connectivity index (χ0n) is 21.6. The normalized spacial score (nSPS) is 11.0. The van der Waals surface area contributed by atoms with Crippen LogP contribution >= 0.6 is 11.6 Å². The van der Waals surface area contributed by atoms with E-state index in [9.17, 15) is 9.59 Å². The Bertz CT molecular complexity index is 1710. The summed E-state index contributed by atoms with van der Waals surface area (Å²) in [4.78, 5) is 29.0. The molecule has 1 amide bonds. The molecule has 0 aliphatic rings. The zero-order chi connectivity index (χ0) is 28.1. The molecule has 0 bridgehead atoms. The molecule has 40 heavy (non-hydrogen) atoms. The second kappa shape index (κ2) is 11.8. The maximum atomic E-state index is 13.3. The molecule has 5 rings (SSSR count). The van der Waals surface area contributed by atoms with E-state index in [2.05, 4.69) is 15.5 Å². The van der Waals surface area contributed by atoms with Crippen LogP contribution in [0.5, 0.6) is 17.2 Å². The Morgan fingerprint density at radius 1 is 0.850 bits per heavy atom. The number of hydrogen-bond acceptors (Lipinski definition) is 6. The van der Waals surface area contributed by atoms with E-state index < -0.39 is 11.9 Å².